The Labute approximate surface area is 165 Å². The molecule has 0 aromatic heterocycles. The number of hydrogen-bond donors (Lipinski definition) is 2. The molecule has 7 nitrogen and oxygen atoms in total. The molecule has 0 heterocycles. The van der Waals surface area contributed by atoms with Crippen LogP contribution in [0, 0.1) is 0 Å². The van der Waals surface area contributed by atoms with Crippen LogP contribution in [0.5, 0.6) is 0 Å². The van der Waals surface area contributed by atoms with Gasteiger partial charge in [-0.2, -0.15) is 0 Å². The van der Waals surface area contributed by atoms with E-state index in [9.17, 15) is 18.0 Å². The highest BCUT2D eigenvalue weighted by molar-refractivity contribution is 7.90. The third kappa shape index (κ3) is 6.38. The zero-order chi connectivity index (χ0) is 20.6. The summed E-state index contributed by atoms with van der Waals surface area (Å²) in [6, 6.07) is 12.8. The molecule has 0 spiro atoms. The predicted molar refractivity (Wildman–Crippen MR) is 108 cm³/mol. The van der Waals surface area contributed by atoms with E-state index in [1.165, 1.54) is 18.2 Å². The minimum Gasteiger partial charge on any atom is -0.452 e. The van der Waals surface area contributed by atoms with E-state index < -0.39 is 28.3 Å². The van der Waals surface area contributed by atoms with Gasteiger partial charge in [-0.15, -0.1) is 0 Å². The van der Waals surface area contributed by atoms with Crippen LogP contribution >= 0.6 is 0 Å². The standard InChI is InChI=1S/C20H24N2O5S/c1-3-4-12-21-18-11-6-5-10-17(18)20(24)27-14-19(23)22-15-8-7-9-16(13-15)28(2,25)26/h5-11,13,21H,3-4,12,14H2,1-2H3,(H,22,23). The molecular weight excluding hydrogens is 380 g/mol. The summed E-state index contributed by atoms with van der Waals surface area (Å²) in [5.41, 5.74) is 1.32. The van der Waals surface area contributed by atoms with Gasteiger partial charge in [0, 0.05) is 24.2 Å². The number of hydrogen-bond acceptors (Lipinski definition) is 6. The lowest BCUT2D eigenvalue weighted by Gasteiger charge is -2.11. The van der Waals surface area contributed by atoms with E-state index in [2.05, 4.69) is 17.6 Å². The van der Waals surface area contributed by atoms with Gasteiger partial charge in [0.2, 0.25) is 0 Å². The molecule has 1 amide bonds. The van der Waals surface area contributed by atoms with Crippen LogP contribution in [0.1, 0.15) is 30.1 Å². The number of carbonyl (C=O) groups is 2. The van der Waals surface area contributed by atoms with Crippen LogP contribution in [0.15, 0.2) is 53.4 Å². The fraction of sp³-hybridized carbons (Fsp3) is 0.300. The number of anilines is 2. The second kappa shape index (κ2) is 9.89. The lowest BCUT2D eigenvalue weighted by atomic mass is 10.1. The normalized spacial score (nSPS) is 10.9. The highest BCUT2D eigenvalue weighted by Crippen LogP contribution is 2.17. The Morgan fingerprint density at radius 2 is 1.82 bits per heavy atom. The predicted octanol–water partition coefficient (Wildman–Crippen LogP) is 3.10. The quantitative estimate of drug-likeness (QED) is 0.492. The monoisotopic (exact) mass is 404 g/mol. The second-order valence-corrected chi connectivity index (χ2v) is 8.27. The fourth-order valence-electron chi connectivity index (χ4n) is 2.43. The molecule has 0 saturated carbocycles. The molecule has 28 heavy (non-hydrogen) atoms. The van der Waals surface area contributed by atoms with Crippen LogP contribution in [0.2, 0.25) is 0 Å². The number of unbranched alkanes of at least 4 members (excludes halogenated alkanes) is 1. The maximum Gasteiger partial charge on any atom is 0.340 e. The molecule has 2 aromatic carbocycles. The summed E-state index contributed by atoms with van der Waals surface area (Å²) in [6.07, 6.45) is 3.08. The number of benzene rings is 2. The molecule has 0 radical (unpaired) electrons. The number of amides is 1. The number of sulfone groups is 1. The van der Waals surface area contributed by atoms with E-state index >= 15 is 0 Å². The summed E-state index contributed by atoms with van der Waals surface area (Å²) in [6.45, 7) is 2.33. The SMILES string of the molecule is CCCCNc1ccccc1C(=O)OCC(=O)Nc1cccc(S(C)(=O)=O)c1. The molecule has 150 valence electrons. The minimum absolute atomic E-state index is 0.0920. The molecule has 8 heteroatoms. The molecular formula is C20H24N2O5S. The van der Waals surface area contributed by atoms with E-state index in [1.54, 1.807) is 24.3 Å². The van der Waals surface area contributed by atoms with Crippen molar-refractivity contribution in [3.05, 3.63) is 54.1 Å². The molecule has 0 saturated heterocycles. The molecule has 0 fully saturated rings. The van der Waals surface area contributed by atoms with Crippen LogP contribution in [0.4, 0.5) is 11.4 Å². The average Bonchev–Trinajstić information content (AvgIpc) is 2.66. The Morgan fingerprint density at radius 3 is 2.54 bits per heavy atom. The first-order chi connectivity index (χ1) is 13.3. The lowest BCUT2D eigenvalue weighted by Crippen LogP contribution is -2.21. The summed E-state index contributed by atoms with van der Waals surface area (Å²) in [7, 11) is -3.38. The van der Waals surface area contributed by atoms with Crippen LogP contribution in [-0.2, 0) is 19.4 Å². The first-order valence-electron chi connectivity index (χ1n) is 8.91. The van der Waals surface area contributed by atoms with Gasteiger partial charge in [0.1, 0.15) is 0 Å². The van der Waals surface area contributed by atoms with Crippen molar-refractivity contribution < 1.29 is 22.7 Å². The van der Waals surface area contributed by atoms with Crippen LogP contribution in [0.25, 0.3) is 0 Å². The fourth-order valence-corrected chi connectivity index (χ4v) is 3.09. The first-order valence-corrected chi connectivity index (χ1v) is 10.8. The van der Waals surface area contributed by atoms with Crippen molar-refractivity contribution in [3.63, 3.8) is 0 Å². The topological polar surface area (TPSA) is 102 Å². The molecule has 0 aliphatic heterocycles. The number of para-hydroxylation sites is 1. The van der Waals surface area contributed by atoms with Gasteiger partial charge in [0.15, 0.2) is 16.4 Å². The van der Waals surface area contributed by atoms with Crippen molar-refractivity contribution in [1.29, 1.82) is 0 Å². The Kier molecular flexibility index (Phi) is 7.57. The largest absolute Gasteiger partial charge is 0.452 e. The number of rotatable bonds is 9. The van der Waals surface area contributed by atoms with Crippen LogP contribution < -0.4 is 10.6 Å². The van der Waals surface area contributed by atoms with Crippen LogP contribution in [0.3, 0.4) is 0 Å². The van der Waals surface area contributed by atoms with E-state index in [-0.39, 0.29) is 4.90 Å². The Morgan fingerprint density at radius 1 is 1.07 bits per heavy atom. The second-order valence-electron chi connectivity index (χ2n) is 6.25. The third-order valence-electron chi connectivity index (χ3n) is 3.87. The van der Waals surface area contributed by atoms with Crippen LogP contribution in [-0.4, -0.2) is 39.7 Å². The molecule has 2 aromatic rings. The van der Waals surface area contributed by atoms with Gasteiger partial charge in [-0.05, 0) is 36.8 Å². The summed E-state index contributed by atoms with van der Waals surface area (Å²) in [5.74, 6) is -1.17. The molecule has 0 atom stereocenters. The van der Waals surface area contributed by atoms with E-state index in [0.29, 0.717) is 16.9 Å². The van der Waals surface area contributed by atoms with Gasteiger partial charge < -0.3 is 15.4 Å². The zero-order valence-corrected chi connectivity index (χ0v) is 16.7. The van der Waals surface area contributed by atoms with Crippen molar-refractivity contribution >= 4 is 33.1 Å². The Bertz CT molecular complexity index is 941. The minimum atomic E-state index is -3.38. The summed E-state index contributed by atoms with van der Waals surface area (Å²) in [4.78, 5) is 24.5. The van der Waals surface area contributed by atoms with Gasteiger partial charge in [-0.1, -0.05) is 31.5 Å². The average molecular weight is 404 g/mol. The van der Waals surface area contributed by atoms with E-state index in [1.807, 2.05) is 6.07 Å². The van der Waals surface area contributed by atoms with Crippen molar-refractivity contribution in [1.82, 2.24) is 0 Å². The first kappa shape index (κ1) is 21.4. The zero-order valence-electron chi connectivity index (χ0n) is 15.9. The van der Waals surface area contributed by atoms with Gasteiger partial charge in [0.25, 0.3) is 5.91 Å². The smallest absolute Gasteiger partial charge is 0.340 e. The molecule has 2 rings (SSSR count). The number of carbonyl (C=O) groups excluding carboxylic acids is 2. The summed E-state index contributed by atoms with van der Waals surface area (Å²) < 4.78 is 28.3. The number of nitrogens with one attached hydrogen (secondary N) is 2. The maximum absolute atomic E-state index is 12.3. The molecule has 0 unspecified atom stereocenters. The summed E-state index contributed by atoms with van der Waals surface area (Å²) in [5, 5.41) is 5.71. The van der Waals surface area contributed by atoms with Gasteiger partial charge in [0.05, 0.1) is 10.5 Å². The highest BCUT2D eigenvalue weighted by atomic mass is 32.2. The Hall–Kier alpha value is -2.87. The number of esters is 1. The highest BCUT2D eigenvalue weighted by Gasteiger charge is 2.15. The lowest BCUT2D eigenvalue weighted by molar-refractivity contribution is -0.119. The summed E-state index contributed by atoms with van der Waals surface area (Å²) >= 11 is 0. The van der Waals surface area contributed by atoms with E-state index in [0.717, 1.165) is 25.6 Å². The van der Waals surface area contributed by atoms with Gasteiger partial charge in [-0.3, -0.25) is 4.79 Å². The molecule has 0 aliphatic carbocycles. The van der Waals surface area contributed by atoms with Crippen molar-refractivity contribution in [2.24, 2.45) is 0 Å². The van der Waals surface area contributed by atoms with Crippen molar-refractivity contribution in [2.75, 3.05) is 30.0 Å². The van der Waals surface area contributed by atoms with E-state index in [4.69, 9.17) is 4.74 Å². The third-order valence-corrected chi connectivity index (χ3v) is 4.98. The molecule has 0 aliphatic rings. The number of ether oxygens (including phenoxy) is 1. The maximum atomic E-state index is 12.3. The Balaban J connectivity index is 1.95. The van der Waals surface area contributed by atoms with Gasteiger partial charge in [-0.25, -0.2) is 13.2 Å². The van der Waals surface area contributed by atoms with Crippen molar-refractivity contribution in [3.8, 4) is 0 Å². The van der Waals surface area contributed by atoms with Crippen molar-refractivity contribution in [2.45, 2.75) is 24.7 Å². The molecule has 2 N–H and O–H groups in total. The van der Waals surface area contributed by atoms with Gasteiger partial charge >= 0.3 is 5.97 Å². The molecule has 0 bridgehead atoms.